The molecule has 7 heavy (non-hydrogen) atoms. The smallest absolute Gasteiger partial charge is 0.0621 e. The van der Waals surface area contributed by atoms with Crippen LogP contribution in [0.1, 0.15) is 19.8 Å². The first-order valence-electron chi connectivity index (χ1n) is 2.47. The van der Waals surface area contributed by atoms with E-state index in [-0.39, 0.29) is 0 Å². The van der Waals surface area contributed by atoms with Gasteiger partial charge in [0.25, 0.3) is 0 Å². The predicted octanol–water partition coefficient (Wildman–Crippen LogP) is 1.76. The van der Waals surface area contributed by atoms with Crippen molar-refractivity contribution in [3.05, 3.63) is 6.92 Å². The maximum absolute atomic E-state index is 8.04. The Morgan fingerprint density at radius 2 is 2.43 bits per heavy atom. The molecule has 0 aliphatic rings. The Kier molecular flexibility index (Phi) is 3.40. The highest BCUT2D eigenvalue weighted by atomic mass is 14.2. The minimum absolute atomic E-state index is 0.430. The zero-order valence-corrected chi connectivity index (χ0v) is 4.65. The Morgan fingerprint density at radius 1 is 1.86 bits per heavy atom. The molecule has 0 aliphatic heterocycles. The summed E-state index contributed by atoms with van der Waals surface area (Å²) >= 11 is 0. The fraction of sp³-hybridized carbons (Fsp3) is 0.667. The number of nitrogens with zero attached hydrogens (tertiary/aromatic N) is 1. The molecule has 0 saturated carbocycles. The van der Waals surface area contributed by atoms with Crippen LogP contribution in [0.4, 0.5) is 0 Å². The van der Waals surface area contributed by atoms with Crippen molar-refractivity contribution in [1.29, 1.82) is 5.26 Å². The van der Waals surface area contributed by atoms with Crippen molar-refractivity contribution in [3.8, 4) is 6.07 Å². The molecule has 1 atom stereocenters. The maximum Gasteiger partial charge on any atom is 0.0621 e. The first-order valence-corrected chi connectivity index (χ1v) is 2.47. The van der Waals surface area contributed by atoms with Crippen molar-refractivity contribution < 1.29 is 0 Å². The van der Waals surface area contributed by atoms with E-state index in [9.17, 15) is 0 Å². The van der Waals surface area contributed by atoms with Gasteiger partial charge in [0.15, 0.2) is 0 Å². The quantitative estimate of drug-likeness (QED) is 0.514. The van der Waals surface area contributed by atoms with Crippen molar-refractivity contribution >= 4 is 0 Å². The van der Waals surface area contributed by atoms with E-state index in [2.05, 4.69) is 13.0 Å². The topological polar surface area (TPSA) is 23.8 Å². The molecular formula is C6H10N. The second-order valence-corrected chi connectivity index (χ2v) is 1.80. The molecule has 0 rings (SSSR count). The van der Waals surface area contributed by atoms with E-state index in [0.717, 1.165) is 6.42 Å². The van der Waals surface area contributed by atoms with Gasteiger partial charge in [-0.05, 0) is 12.3 Å². The minimum atomic E-state index is 0.430. The monoisotopic (exact) mass is 96.1 g/mol. The Hall–Kier alpha value is -0.510. The van der Waals surface area contributed by atoms with Gasteiger partial charge in [-0.2, -0.15) is 5.26 Å². The van der Waals surface area contributed by atoms with E-state index in [1.54, 1.807) is 0 Å². The van der Waals surface area contributed by atoms with Gasteiger partial charge in [0, 0.05) is 6.42 Å². The maximum atomic E-state index is 8.04. The third-order valence-corrected chi connectivity index (χ3v) is 0.749. The zero-order valence-electron chi connectivity index (χ0n) is 4.65. The van der Waals surface area contributed by atoms with Crippen LogP contribution in [0.15, 0.2) is 0 Å². The van der Waals surface area contributed by atoms with Gasteiger partial charge in [-0.15, -0.1) is 0 Å². The molecule has 0 amide bonds. The first kappa shape index (κ1) is 6.49. The normalized spacial score (nSPS) is 8.86. The van der Waals surface area contributed by atoms with Gasteiger partial charge < -0.3 is 0 Å². The summed E-state index contributed by atoms with van der Waals surface area (Å²) in [6.45, 7) is 5.74. The fourth-order valence-electron chi connectivity index (χ4n) is 0.311. The number of hydrogen-bond donors (Lipinski definition) is 0. The lowest BCUT2D eigenvalue weighted by molar-refractivity contribution is 0.658. The van der Waals surface area contributed by atoms with Crippen molar-refractivity contribution in [2.75, 3.05) is 0 Å². The summed E-state index contributed by atoms with van der Waals surface area (Å²) in [4.78, 5) is 0. The van der Waals surface area contributed by atoms with Crippen molar-refractivity contribution in [1.82, 2.24) is 0 Å². The van der Waals surface area contributed by atoms with Crippen LogP contribution in [0.25, 0.3) is 0 Å². The predicted molar refractivity (Wildman–Crippen MR) is 29.4 cm³/mol. The molecule has 1 nitrogen and oxygen atoms in total. The van der Waals surface area contributed by atoms with Crippen LogP contribution >= 0.6 is 0 Å². The summed E-state index contributed by atoms with van der Waals surface area (Å²) in [5, 5.41) is 8.04. The summed E-state index contributed by atoms with van der Waals surface area (Å²) in [7, 11) is 0. The van der Waals surface area contributed by atoms with Crippen molar-refractivity contribution in [2.45, 2.75) is 19.8 Å². The summed E-state index contributed by atoms with van der Waals surface area (Å²) in [6, 6.07) is 2.06. The Morgan fingerprint density at radius 3 is 2.57 bits per heavy atom. The average Bonchev–Trinajstić information content (AvgIpc) is 1.61. The van der Waals surface area contributed by atoms with Crippen molar-refractivity contribution in [2.24, 2.45) is 5.92 Å². The minimum Gasteiger partial charge on any atom is -0.198 e. The van der Waals surface area contributed by atoms with E-state index < -0.39 is 0 Å². The molecule has 0 heterocycles. The SMILES string of the molecule is [CH2]C(C)CCC#N. The highest BCUT2D eigenvalue weighted by Crippen LogP contribution is 1.99. The lowest BCUT2D eigenvalue weighted by Gasteiger charge is -1.94. The molecule has 0 N–H and O–H groups in total. The highest BCUT2D eigenvalue weighted by Gasteiger charge is 1.89. The van der Waals surface area contributed by atoms with Crippen LogP contribution in [0, 0.1) is 24.2 Å². The summed E-state index contributed by atoms with van der Waals surface area (Å²) < 4.78 is 0. The zero-order chi connectivity index (χ0) is 5.70. The molecule has 1 radical (unpaired) electrons. The molecule has 39 valence electrons. The van der Waals surface area contributed by atoms with Crippen LogP contribution in [-0.2, 0) is 0 Å². The molecule has 0 fully saturated rings. The Labute approximate surface area is 45.0 Å². The van der Waals surface area contributed by atoms with Gasteiger partial charge in [0.2, 0.25) is 0 Å². The van der Waals surface area contributed by atoms with Crippen LogP contribution in [0.3, 0.4) is 0 Å². The average molecular weight is 96.2 g/mol. The second kappa shape index (κ2) is 3.67. The van der Waals surface area contributed by atoms with E-state index in [1.165, 1.54) is 0 Å². The first-order chi connectivity index (χ1) is 3.27. The molecule has 0 saturated heterocycles. The lowest BCUT2D eigenvalue weighted by Crippen LogP contribution is -1.83. The third-order valence-electron chi connectivity index (χ3n) is 0.749. The van der Waals surface area contributed by atoms with Crippen LogP contribution in [0.2, 0.25) is 0 Å². The highest BCUT2D eigenvalue weighted by molar-refractivity contribution is 4.70. The molecule has 1 unspecified atom stereocenters. The summed E-state index contributed by atoms with van der Waals surface area (Å²) in [5.74, 6) is 0.430. The standard InChI is InChI=1S/C6H10N/c1-6(2)4-3-5-7/h6H,1,3-4H2,2H3. The number of rotatable bonds is 2. The van der Waals surface area contributed by atoms with Gasteiger partial charge in [-0.25, -0.2) is 0 Å². The lowest BCUT2D eigenvalue weighted by atomic mass is 10.1. The van der Waals surface area contributed by atoms with Crippen molar-refractivity contribution in [3.63, 3.8) is 0 Å². The van der Waals surface area contributed by atoms with E-state index in [0.29, 0.717) is 12.3 Å². The molecule has 0 aromatic rings. The van der Waals surface area contributed by atoms with E-state index >= 15 is 0 Å². The molecule has 0 aromatic carbocycles. The summed E-state index contributed by atoms with van der Waals surface area (Å²) in [6.07, 6.45) is 1.57. The van der Waals surface area contributed by atoms with Gasteiger partial charge in [-0.1, -0.05) is 13.8 Å². The molecule has 0 aliphatic carbocycles. The van der Waals surface area contributed by atoms with E-state index in [1.807, 2.05) is 6.92 Å². The molecule has 0 bridgehead atoms. The van der Waals surface area contributed by atoms with E-state index in [4.69, 9.17) is 5.26 Å². The molecule has 0 aromatic heterocycles. The van der Waals surface area contributed by atoms with Crippen LogP contribution in [-0.4, -0.2) is 0 Å². The second-order valence-electron chi connectivity index (χ2n) is 1.80. The number of hydrogen-bond acceptors (Lipinski definition) is 1. The van der Waals surface area contributed by atoms with Gasteiger partial charge in [0.05, 0.1) is 6.07 Å². The third kappa shape index (κ3) is 5.49. The molecular weight excluding hydrogens is 86.1 g/mol. The fourth-order valence-corrected chi connectivity index (χ4v) is 0.311. The number of nitriles is 1. The van der Waals surface area contributed by atoms with Gasteiger partial charge in [0.1, 0.15) is 0 Å². The Balaban J connectivity index is 2.86. The Bertz CT molecular complexity index is 68.7. The van der Waals surface area contributed by atoms with Crippen LogP contribution in [0.5, 0.6) is 0 Å². The molecule has 0 spiro atoms. The largest absolute Gasteiger partial charge is 0.198 e. The van der Waals surface area contributed by atoms with Gasteiger partial charge in [-0.3, -0.25) is 0 Å². The molecule has 1 heteroatoms. The van der Waals surface area contributed by atoms with Crippen LogP contribution < -0.4 is 0 Å². The summed E-state index contributed by atoms with van der Waals surface area (Å²) in [5.41, 5.74) is 0. The van der Waals surface area contributed by atoms with Gasteiger partial charge >= 0.3 is 0 Å².